The molecule has 0 spiro atoms. The molecule has 1 amide bonds. The Kier molecular flexibility index (Phi) is 8.98. The van der Waals surface area contributed by atoms with Crippen LogP contribution in [0.15, 0.2) is 53.6 Å². The second-order valence-electron chi connectivity index (χ2n) is 8.68. The molecule has 0 unspecified atom stereocenters. The van der Waals surface area contributed by atoms with Crippen molar-refractivity contribution in [2.24, 2.45) is 5.92 Å². The first-order valence-electron chi connectivity index (χ1n) is 11.7. The highest BCUT2D eigenvalue weighted by Crippen LogP contribution is 2.28. The smallest absolute Gasteiger partial charge is 0.281 e. The van der Waals surface area contributed by atoms with Crippen molar-refractivity contribution < 1.29 is 27.1 Å². The molecule has 0 saturated carbocycles. The van der Waals surface area contributed by atoms with Gasteiger partial charge in [-0.2, -0.15) is 8.42 Å². The average Bonchev–Trinajstić information content (AvgIpc) is 2.82. The largest absolute Gasteiger partial charge is 0.493 e. The highest BCUT2D eigenvalue weighted by atomic mass is 32.2. The molecule has 8 nitrogen and oxygen atoms in total. The van der Waals surface area contributed by atoms with Crippen LogP contribution in [0.2, 0.25) is 0 Å². The minimum Gasteiger partial charge on any atom is -0.493 e. The molecule has 2 aromatic heterocycles. The molecule has 192 valence electrons. The first-order chi connectivity index (χ1) is 17.1. The monoisotopic (exact) mass is 515 g/mol. The summed E-state index contributed by atoms with van der Waals surface area (Å²) in [5, 5.41) is -0.275. The van der Waals surface area contributed by atoms with Gasteiger partial charge in [-0.25, -0.2) is 19.1 Å². The Morgan fingerprint density at radius 2 is 1.86 bits per heavy atom. The number of rotatable bonds is 11. The van der Waals surface area contributed by atoms with E-state index in [4.69, 9.17) is 9.47 Å². The average molecular weight is 516 g/mol. The topological polar surface area (TPSA) is 107 Å². The molecule has 0 aliphatic heterocycles. The normalized spacial score (nSPS) is 11.4. The fraction of sp³-hybridized carbons (Fsp3) is 0.346. The van der Waals surface area contributed by atoms with Crippen LogP contribution in [0.25, 0.3) is 11.3 Å². The zero-order chi connectivity index (χ0) is 26.3. The number of hydrogen-bond acceptors (Lipinski definition) is 7. The van der Waals surface area contributed by atoms with E-state index in [0.717, 1.165) is 6.42 Å². The van der Waals surface area contributed by atoms with Crippen LogP contribution in [-0.4, -0.2) is 37.5 Å². The summed E-state index contributed by atoms with van der Waals surface area (Å²) in [6.07, 6.45) is 1.54. The third-order valence-electron chi connectivity index (χ3n) is 4.96. The summed E-state index contributed by atoms with van der Waals surface area (Å²) in [4.78, 5) is 21.3. The number of carbonyl (C=O) groups is 1. The molecule has 0 bridgehead atoms. The van der Waals surface area contributed by atoms with Crippen molar-refractivity contribution in [1.82, 2.24) is 14.7 Å². The first kappa shape index (κ1) is 27.1. The van der Waals surface area contributed by atoms with Crippen molar-refractivity contribution in [1.29, 1.82) is 0 Å². The van der Waals surface area contributed by atoms with E-state index < -0.39 is 21.7 Å². The lowest BCUT2D eigenvalue weighted by Crippen LogP contribution is -2.31. The Balaban J connectivity index is 1.94. The quantitative estimate of drug-likeness (QED) is 0.361. The van der Waals surface area contributed by atoms with Gasteiger partial charge in [0.25, 0.3) is 15.9 Å². The van der Waals surface area contributed by atoms with Crippen molar-refractivity contribution in [3.05, 3.63) is 65.6 Å². The number of benzene rings is 1. The fourth-order valence-corrected chi connectivity index (χ4v) is 4.13. The Morgan fingerprint density at radius 3 is 2.56 bits per heavy atom. The number of hydrogen-bond donors (Lipinski definition) is 1. The maximum absolute atomic E-state index is 14.3. The van der Waals surface area contributed by atoms with Crippen LogP contribution >= 0.6 is 0 Å². The van der Waals surface area contributed by atoms with Gasteiger partial charge in [-0.1, -0.05) is 33.3 Å². The summed E-state index contributed by atoms with van der Waals surface area (Å²) in [7, 11) is -4.22. The van der Waals surface area contributed by atoms with Crippen molar-refractivity contribution in [2.45, 2.75) is 45.6 Å². The molecule has 0 aliphatic rings. The zero-order valence-corrected chi connectivity index (χ0v) is 21.6. The van der Waals surface area contributed by atoms with E-state index in [1.165, 1.54) is 36.4 Å². The van der Waals surface area contributed by atoms with Gasteiger partial charge in [0, 0.05) is 17.3 Å². The Bertz CT molecular complexity index is 1330. The van der Waals surface area contributed by atoms with E-state index >= 15 is 0 Å². The van der Waals surface area contributed by atoms with E-state index in [0.29, 0.717) is 35.7 Å². The SMILES string of the molecule is CCCCOc1nc(-c2cc(F)cc(OCC(C)C)c2)ccc1C(=O)NS(=O)(=O)c1cccc(C)n1. The molecular weight excluding hydrogens is 485 g/mol. The number of nitrogens with one attached hydrogen (secondary N) is 1. The number of carbonyl (C=O) groups excluding carboxylic acids is 1. The van der Waals surface area contributed by atoms with E-state index in [9.17, 15) is 17.6 Å². The Morgan fingerprint density at radius 1 is 1.08 bits per heavy atom. The molecule has 1 N–H and O–H groups in total. The molecule has 0 aliphatic carbocycles. The molecule has 3 aromatic rings. The van der Waals surface area contributed by atoms with Crippen LogP contribution in [0.5, 0.6) is 11.6 Å². The Labute approximate surface area is 210 Å². The number of nitrogens with zero attached hydrogens (tertiary/aromatic N) is 2. The van der Waals surface area contributed by atoms with Crippen molar-refractivity contribution in [2.75, 3.05) is 13.2 Å². The predicted octanol–water partition coefficient (Wildman–Crippen LogP) is 4.92. The first-order valence-corrected chi connectivity index (χ1v) is 13.2. The van der Waals surface area contributed by atoms with E-state index in [-0.39, 0.29) is 29.0 Å². The summed E-state index contributed by atoms with van der Waals surface area (Å²) in [5.74, 6) is -0.853. The maximum Gasteiger partial charge on any atom is 0.281 e. The van der Waals surface area contributed by atoms with E-state index in [2.05, 4.69) is 9.97 Å². The number of pyridine rings is 2. The van der Waals surface area contributed by atoms with Gasteiger partial charge in [0.2, 0.25) is 5.88 Å². The van der Waals surface area contributed by atoms with Gasteiger partial charge in [0.15, 0.2) is 5.03 Å². The fourth-order valence-electron chi connectivity index (χ4n) is 3.15. The molecule has 0 radical (unpaired) electrons. The highest BCUT2D eigenvalue weighted by Gasteiger charge is 2.24. The Hall–Kier alpha value is -3.53. The van der Waals surface area contributed by atoms with Gasteiger partial charge in [-0.05, 0) is 55.7 Å². The molecule has 10 heteroatoms. The zero-order valence-electron chi connectivity index (χ0n) is 20.7. The number of sulfonamides is 1. The van der Waals surface area contributed by atoms with Gasteiger partial charge in [-0.15, -0.1) is 0 Å². The summed E-state index contributed by atoms with van der Waals surface area (Å²) < 4.78 is 53.1. The van der Waals surface area contributed by atoms with Crippen LogP contribution in [0.3, 0.4) is 0 Å². The van der Waals surface area contributed by atoms with Crippen molar-refractivity contribution in [3.8, 4) is 22.9 Å². The second kappa shape index (κ2) is 11.9. The summed E-state index contributed by atoms with van der Waals surface area (Å²) >= 11 is 0. The molecule has 2 heterocycles. The number of ether oxygens (including phenoxy) is 2. The molecule has 0 fully saturated rings. The standard InChI is InChI=1S/C26H30FN3O5S/c1-5-6-12-34-26-22(25(31)30-36(32,33)24-9-7-8-18(4)28-24)10-11-23(29-26)19-13-20(27)15-21(14-19)35-16-17(2)3/h7-11,13-15,17H,5-6,12,16H2,1-4H3,(H,30,31). The van der Waals surface area contributed by atoms with Gasteiger partial charge in [-0.3, -0.25) is 4.79 Å². The third-order valence-corrected chi connectivity index (χ3v) is 6.19. The molecule has 0 saturated heterocycles. The lowest BCUT2D eigenvalue weighted by Gasteiger charge is -2.14. The number of aromatic nitrogens is 2. The van der Waals surface area contributed by atoms with Gasteiger partial charge < -0.3 is 9.47 Å². The van der Waals surface area contributed by atoms with Crippen molar-refractivity contribution in [3.63, 3.8) is 0 Å². The van der Waals surface area contributed by atoms with Crippen LogP contribution in [0, 0.1) is 18.7 Å². The summed E-state index contributed by atoms with van der Waals surface area (Å²) in [5.41, 5.74) is 1.19. The molecular formula is C26H30FN3O5S. The van der Waals surface area contributed by atoms with Crippen LogP contribution in [0.4, 0.5) is 4.39 Å². The van der Waals surface area contributed by atoms with Crippen LogP contribution < -0.4 is 14.2 Å². The number of aryl methyl sites for hydroxylation is 1. The van der Waals surface area contributed by atoms with Crippen molar-refractivity contribution >= 4 is 15.9 Å². The molecule has 36 heavy (non-hydrogen) atoms. The molecule has 1 aromatic carbocycles. The van der Waals surface area contributed by atoms with Gasteiger partial charge >= 0.3 is 0 Å². The van der Waals surface area contributed by atoms with Gasteiger partial charge in [0.05, 0.1) is 18.9 Å². The minimum absolute atomic E-state index is 0.0558. The lowest BCUT2D eigenvalue weighted by atomic mass is 10.1. The van der Waals surface area contributed by atoms with E-state index in [1.807, 2.05) is 25.5 Å². The predicted molar refractivity (Wildman–Crippen MR) is 134 cm³/mol. The number of amides is 1. The van der Waals surface area contributed by atoms with Gasteiger partial charge in [0.1, 0.15) is 17.1 Å². The molecule has 0 atom stereocenters. The second-order valence-corrected chi connectivity index (χ2v) is 10.3. The summed E-state index contributed by atoms with van der Waals surface area (Å²) in [6.45, 7) is 8.29. The van der Waals surface area contributed by atoms with Crippen LogP contribution in [0.1, 0.15) is 49.7 Å². The highest BCUT2D eigenvalue weighted by molar-refractivity contribution is 7.90. The number of unbranched alkanes of at least 4 members (excludes halogenated alkanes) is 1. The van der Waals surface area contributed by atoms with E-state index in [1.54, 1.807) is 19.1 Å². The van der Waals surface area contributed by atoms with Crippen LogP contribution in [-0.2, 0) is 10.0 Å². The maximum atomic E-state index is 14.3. The minimum atomic E-state index is -4.22. The third kappa shape index (κ3) is 7.24. The molecule has 3 rings (SSSR count). The summed E-state index contributed by atoms with van der Waals surface area (Å²) in [6, 6.07) is 11.6. The lowest BCUT2D eigenvalue weighted by molar-refractivity contribution is 0.0976. The number of halogens is 1.